The minimum absolute atomic E-state index is 0.00905. The van der Waals surface area contributed by atoms with Crippen molar-refractivity contribution in [2.24, 2.45) is 5.90 Å². The maximum Gasteiger partial charge on any atom is 0.416 e. The SMILES string of the molecule is Cc1ccc(C[C@H](CON)NC(=O)c2cc(Cl)nnc2Oc2cccc(C(F)(F)F)c2)c(C)c1. The molecule has 7 nitrogen and oxygen atoms in total. The van der Waals surface area contributed by atoms with Crippen molar-refractivity contribution in [1.29, 1.82) is 0 Å². The van der Waals surface area contributed by atoms with Gasteiger partial charge in [-0.2, -0.15) is 13.2 Å². The van der Waals surface area contributed by atoms with Gasteiger partial charge in [-0.3, -0.25) is 4.79 Å². The van der Waals surface area contributed by atoms with Gasteiger partial charge in [0.25, 0.3) is 11.8 Å². The number of carbonyl (C=O) groups is 1. The van der Waals surface area contributed by atoms with E-state index in [4.69, 9.17) is 27.1 Å². The molecule has 180 valence electrons. The number of carbonyl (C=O) groups excluding carboxylic acids is 1. The quantitative estimate of drug-likeness (QED) is 0.437. The predicted molar refractivity (Wildman–Crippen MR) is 120 cm³/mol. The van der Waals surface area contributed by atoms with Crippen LogP contribution in [0.2, 0.25) is 5.15 Å². The Morgan fingerprint density at radius 2 is 1.91 bits per heavy atom. The number of aryl methyl sites for hydroxylation is 2. The third kappa shape index (κ3) is 6.66. The smallest absolute Gasteiger partial charge is 0.416 e. The Labute approximate surface area is 199 Å². The van der Waals surface area contributed by atoms with E-state index in [9.17, 15) is 18.0 Å². The van der Waals surface area contributed by atoms with Crippen LogP contribution in [0.3, 0.4) is 0 Å². The average Bonchev–Trinajstić information content (AvgIpc) is 2.76. The van der Waals surface area contributed by atoms with Gasteiger partial charge < -0.3 is 14.9 Å². The van der Waals surface area contributed by atoms with Gasteiger partial charge >= 0.3 is 6.18 Å². The number of halogens is 4. The minimum Gasteiger partial charge on any atom is -0.437 e. The van der Waals surface area contributed by atoms with E-state index in [-0.39, 0.29) is 29.0 Å². The highest BCUT2D eigenvalue weighted by atomic mass is 35.5. The highest BCUT2D eigenvalue weighted by Gasteiger charge is 2.31. The van der Waals surface area contributed by atoms with Gasteiger partial charge in [-0.25, -0.2) is 5.90 Å². The van der Waals surface area contributed by atoms with Crippen LogP contribution in [0.5, 0.6) is 11.6 Å². The third-order valence-corrected chi connectivity index (χ3v) is 5.13. The van der Waals surface area contributed by atoms with Crippen molar-refractivity contribution in [3.05, 3.63) is 81.5 Å². The highest BCUT2D eigenvalue weighted by molar-refractivity contribution is 6.29. The maximum atomic E-state index is 13.1. The predicted octanol–water partition coefficient (Wildman–Crippen LogP) is 4.79. The van der Waals surface area contributed by atoms with E-state index in [1.807, 2.05) is 32.0 Å². The molecule has 1 heterocycles. The molecular formula is C23H22ClF3N4O3. The van der Waals surface area contributed by atoms with Gasteiger partial charge in [0.2, 0.25) is 0 Å². The van der Waals surface area contributed by atoms with Crippen LogP contribution in [0.25, 0.3) is 0 Å². The molecule has 1 amide bonds. The Kier molecular flexibility index (Phi) is 8.08. The fraction of sp³-hybridized carbons (Fsp3) is 0.261. The van der Waals surface area contributed by atoms with Crippen LogP contribution in [-0.2, 0) is 17.4 Å². The van der Waals surface area contributed by atoms with Crippen LogP contribution in [0.1, 0.15) is 32.6 Å². The molecule has 3 aromatic rings. The molecule has 3 N–H and O–H groups in total. The lowest BCUT2D eigenvalue weighted by Crippen LogP contribution is -2.40. The molecule has 2 aromatic carbocycles. The molecule has 0 spiro atoms. The van der Waals surface area contributed by atoms with E-state index in [0.717, 1.165) is 28.8 Å². The van der Waals surface area contributed by atoms with Crippen molar-refractivity contribution in [2.45, 2.75) is 32.5 Å². The zero-order chi connectivity index (χ0) is 24.9. The number of aromatic nitrogens is 2. The third-order valence-electron chi connectivity index (χ3n) is 4.95. The molecule has 3 rings (SSSR count). The van der Waals surface area contributed by atoms with Crippen LogP contribution < -0.4 is 16.0 Å². The lowest BCUT2D eigenvalue weighted by Gasteiger charge is -2.20. The summed E-state index contributed by atoms with van der Waals surface area (Å²) in [7, 11) is 0. The molecule has 0 saturated heterocycles. The summed E-state index contributed by atoms with van der Waals surface area (Å²) in [5, 5.41) is 10.1. The van der Waals surface area contributed by atoms with Crippen molar-refractivity contribution in [2.75, 3.05) is 6.61 Å². The van der Waals surface area contributed by atoms with Gasteiger partial charge in [-0.1, -0.05) is 41.4 Å². The van der Waals surface area contributed by atoms with E-state index in [0.29, 0.717) is 6.42 Å². The van der Waals surface area contributed by atoms with Crippen molar-refractivity contribution < 1.29 is 27.5 Å². The molecule has 34 heavy (non-hydrogen) atoms. The van der Waals surface area contributed by atoms with Crippen molar-refractivity contribution >= 4 is 17.5 Å². The number of nitrogens with zero attached hydrogens (tertiary/aromatic N) is 2. The highest BCUT2D eigenvalue weighted by Crippen LogP contribution is 2.33. The van der Waals surface area contributed by atoms with E-state index in [1.54, 1.807) is 0 Å². The summed E-state index contributed by atoms with van der Waals surface area (Å²) in [5.41, 5.74) is 2.11. The van der Waals surface area contributed by atoms with E-state index >= 15 is 0 Å². The first-order valence-electron chi connectivity index (χ1n) is 10.1. The first-order chi connectivity index (χ1) is 16.1. The van der Waals surface area contributed by atoms with E-state index in [1.165, 1.54) is 18.2 Å². The second-order valence-corrected chi connectivity index (χ2v) is 8.04. The first-order valence-corrected chi connectivity index (χ1v) is 10.5. The van der Waals surface area contributed by atoms with Gasteiger partial charge in [0, 0.05) is 0 Å². The number of hydrogen-bond acceptors (Lipinski definition) is 6. The Morgan fingerprint density at radius 1 is 1.15 bits per heavy atom. The molecule has 11 heteroatoms. The van der Waals surface area contributed by atoms with Gasteiger partial charge in [-0.15, -0.1) is 10.2 Å². The zero-order valence-electron chi connectivity index (χ0n) is 18.3. The lowest BCUT2D eigenvalue weighted by atomic mass is 9.99. The Balaban J connectivity index is 1.84. The van der Waals surface area contributed by atoms with E-state index in [2.05, 4.69) is 15.5 Å². The van der Waals surface area contributed by atoms with Crippen LogP contribution in [-0.4, -0.2) is 28.8 Å². The molecular weight excluding hydrogens is 473 g/mol. The Morgan fingerprint density at radius 3 is 2.59 bits per heavy atom. The topological polar surface area (TPSA) is 99.4 Å². The Hall–Kier alpha value is -3.21. The number of ether oxygens (including phenoxy) is 1. The second kappa shape index (κ2) is 10.8. The first kappa shape index (κ1) is 25.4. The standard InChI is InChI=1S/C23H22ClF3N4O3/c1-13-6-7-15(14(2)8-13)9-17(12-33-28)29-21(32)19-11-20(24)30-31-22(19)34-18-5-3-4-16(10-18)23(25,26)27/h3-8,10-11,17H,9,12,28H2,1-2H3,(H,29,32)/t17-/m1/s1. The van der Waals surface area contributed by atoms with Crippen LogP contribution in [0, 0.1) is 13.8 Å². The summed E-state index contributed by atoms with van der Waals surface area (Å²) < 4.78 is 44.5. The molecule has 1 atom stereocenters. The molecule has 0 bridgehead atoms. The summed E-state index contributed by atoms with van der Waals surface area (Å²) in [4.78, 5) is 17.8. The Bertz CT molecular complexity index is 1170. The fourth-order valence-electron chi connectivity index (χ4n) is 3.31. The number of nitrogens with two attached hydrogens (primary N) is 1. The molecule has 0 aliphatic carbocycles. The van der Waals surface area contributed by atoms with Crippen LogP contribution in [0.15, 0.2) is 48.5 Å². The van der Waals surface area contributed by atoms with Gasteiger partial charge in [-0.05, 0) is 55.7 Å². The summed E-state index contributed by atoms with van der Waals surface area (Å²) >= 11 is 5.91. The number of amides is 1. The number of benzene rings is 2. The maximum absolute atomic E-state index is 13.1. The molecule has 0 unspecified atom stereocenters. The average molecular weight is 495 g/mol. The van der Waals surface area contributed by atoms with Crippen molar-refractivity contribution in [1.82, 2.24) is 15.5 Å². The normalized spacial score (nSPS) is 12.3. The number of rotatable bonds is 8. The molecule has 0 aliphatic rings. The minimum atomic E-state index is -4.56. The largest absolute Gasteiger partial charge is 0.437 e. The van der Waals surface area contributed by atoms with Crippen molar-refractivity contribution in [3.8, 4) is 11.6 Å². The number of hydrogen-bond donors (Lipinski definition) is 2. The van der Waals surface area contributed by atoms with Crippen LogP contribution in [0.4, 0.5) is 13.2 Å². The number of nitrogens with one attached hydrogen (secondary N) is 1. The zero-order valence-corrected chi connectivity index (χ0v) is 19.1. The monoisotopic (exact) mass is 494 g/mol. The molecule has 0 aliphatic heterocycles. The van der Waals surface area contributed by atoms with Gasteiger partial charge in [0.1, 0.15) is 11.3 Å². The lowest BCUT2D eigenvalue weighted by molar-refractivity contribution is -0.137. The number of alkyl halides is 3. The summed E-state index contributed by atoms with van der Waals surface area (Å²) in [6, 6.07) is 10.8. The van der Waals surface area contributed by atoms with Gasteiger partial charge in [0.15, 0.2) is 5.15 Å². The summed E-state index contributed by atoms with van der Waals surface area (Å²) in [6.07, 6.45) is -4.14. The second-order valence-electron chi connectivity index (χ2n) is 7.65. The molecule has 1 aromatic heterocycles. The van der Waals surface area contributed by atoms with Crippen LogP contribution >= 0.6 is 11.6 Å². The molecule has 0 fully saturated rings. The summed E-state index contributed by atoms with van der Waals surface area (Å²) in [5.74, 6) is 4.15. The fourth-order valence-corrected chi connectivity index (χ4v) is 3.46. The molecule has 0 saturated carbocycles. The van der Waals surface area contributed by atoms with Crippen molar-refractivity contribution in [3.63, 3.8) is 0 Å². The summed E-state index contributed by atoms with van der Waals surface area (Å²) in [6.45, 7) is 3.94. The molecule has 0 radical (unpaired) electrons. The van der Waals surface area contributed by atoms with Gasteiger partial charge in [0.05, 0.1) is 18.2 Å². The van der Waals surface area contributed by atoms with E-state index < -0.39 is 23.7 Å².